The molecular formula is C28H24Cl2F6N2O2S. The molecule has 0 N–H and O–H groups in total. The Kier molecular flexibility index (Phi) is 9.30. The molecule has 4 nitrogen and oxygen atoms in total. The summed E-state index contributed by atoms with van der Waals surface area (Å²) < 4.78 is 80.6. The van der Waals surface area contributed by atoms with E-state index in [-0.39, 0.29) is 47.9 Å². The maximum absolute atomic E-state index is 13.4. The van der Waals surface area contributed by atoms with Crippen LogP contribution >= 0.6 is 34.5 Å². The number of hydrogen-bond donors (Lipinski definition) is 0. The quantitative estimate of drug-likeness (QED) is 0.256. The van der Waals surface area contributed by atoms with Gasteiger partial charge in [0.2, 0.25) is 5.91 Å². The van der Waals surface area contributed by atoms with E-state index in [1.165, 1.54) is 18.4 Å². The first kappa shape index (κ1) is 31.2. The minimum atomic E-state index is -5.09. The molecule has 1 fully saturated rings. The molecule has 0 bridgehead atoms. The van der Waals surface area contributed by atoms with Gasteiger partial charge in [-0.2, -0.15) is 26.3 Å². The molecule has 0 spiro atoms. The number of likely N-dealkylation sites (tertiary alicyclic amines) is 1. The van der Waals surface area contributed by atoms with Crippen LogP contribution in [0.4, 0.5) is 26.3 Å². The normalized spacial score (nSPS) is 17.9. The molecule has 0 aliphatic carbocycles. The van der Waals surface area contributed by atoms with Gasteiger partial charge < -0.3 is 9.80 Å². The highest BCUT2D eigenvalue weighted by molar-refractivity contribution is 7.09. The number of rotatable bonds is 6. The Hall–Kier alpha value is -2.76. The van der Waals surface area contributed by atoms with Gasteiger partial charge in [-0.15, -0.1) is 11.3 Å². The highest BCUT2D eigenvalue weighted by atomic mass is 35.5. The minimum Gasteiger partial charge on any atom is -0.342 e. The summed E-state index contributed by atoms with van der Waals surface area (Å²) in [6.45, 7) is 0.416. The number of alkyl halides is 6. The van der Waals surface area contributed by atoms with Gasteiger partial charge in [0.15, 0.2) is 0 Å². The van der Waals surface area contributed by atoms with Crippen molar-refractivity contribution in [3.8, 4) is 0 Å². The molecular weight excluding hydrogens is 613 g/mol. The van der Waals surface area contributed by atoms with Gasteiger partial charge in [0, 0.05) is 49.0 Å². The molecule has 1 aliphatic rings. The largest absolute Gasteiger partial charge is 0.416 e. The van der Waals surface area contributed by atoms with Crippen LogP contribution in [-0.4, -0.2) is 47.8 Å². The number of hydrogen-bond acceptors (Lipinski definition) is 3. The van der Waals surface area contributed by atoms with Crippen molar-refractivity contribution < 1.29 is 35.9 Å². The number of piperidine rings is 1. The Bertz CT molecular complexity index is 1380. The number of carbonyl (C=O) groups excluding carboxylic acids is 2. The summed E-state index contributed by atoms with van der Waals surface area (Å²) in [5.41, 5.74) is -3.26. The maximum atomic E-state index is 13.4. The number of thiophene rings is 1. The predicted octanol–water partition coefficient (Wildman–Crippen LogP) is 8.18. The highest BCUT2D eigenvalue weighted by Crippen LogP contribution is 2.38. The third kappa shape index (κ3) is 7.37. The van der Waals surface area contributed by atoms with Crippen molar-refractivity contribution in [1.82, 2.24) is 9.80 Å². The Morgan fingerprint density at radius 3 is 2.20 bits per heavy atom. The zero-order valence-electron chi connectivity index (χ0n) is 21.5. The summed E-state index contributed by atoms with van der Waals surface area (Å²) in [6.07, 6.45) is -9.12. The first-order chi connectivity index (χ1) is 19.1. The van der Waals surface area contributed by atoms with Crippen molar-refractivity contribution in [3.05, 3.63) is 91.1 Å². The Balaban J connectivity index is 1.64. The third-order valence-corrected chi connectivity index (χ3v) is 8.79. The van der Waals surface area contributed by atoms with Crippen molar-refractivity contribution in [2.24, 2.45) is 0 Å². The van der Waals surface area contributed by atoms with E-state index in [0.717, 1.165) is 9.78 Å². The molecule has 2 heterocycles. The maximum Gasteiger partial charge on any atom is 0.416 e. The van der Waals surface area contributed by atoms with Gasteiger partial charge in [0.1, 0.15) is 0 Å². The van der Waals surface area contributed by atoms with Gasteiger partial charge in [-0.25, -0.2) is 0 Å². The van der Waals surface area contributed by atoms with Gasteiger partial charge in [0.05, 0.1) is 21.2 Å². The van der Waals surface area contributed by atoms with Crippen LogP contribution in [0.1, 0.15) is 50.7 Å². The molecule has 1 aromatic heterocycles. The Labute approximate surface area is 246 Å². The van der Waals surface area contributed by atoms with E-state index in [4.69, 9.17) is 23.2 Å². The summed E-state index contributed by atoms with van der Waals surface area (Å²) in [5, 5.41) is 2.42. The molecule has 2 aromatic carbocycles. The monoisotopic (exact) mass is 636 g/mol. The van der Waals surface area contributed by atoms with E-state index in [1.807, 2.05) is 17.5 Å². The number of carbonyl (C=O) groups is 2. The molecule has 0 saturated carbocycles. The van der Waals surface area contributed by atoms with Crippen LogP contribution in [-0.2, 0) is 23.6 Å². The molecule has 13 heteroatoms. The van der Waals surface area contributed by atoms with Gasteiger partial charge in [0.25, 0.3) is 5.91 Å². The van der Waals surface area contributed by atoms with E-state index in [1.54, 1.807) is 23.1 Å². The molecule has 41 heavy (non-hydrogen) atoms. The molecule has 2 amide bonds. The van der Waals surface area contributed by atoms with Crippen LogP contribution in [0, 0.1) is 0 Å². The van der Waals surface area contributed by atoms with Crippen LogP contribution in [0.5, 0.6) is 0 Å². The second-order valence-corrected chi connectivity index (χ2v) is 11.6. The first-order valence-corrected chi connectivity index (χ1v) is 14.1. The van der Waals surface area contributed by atoms with Crippen molar-refractivity contribution in [1.29, 1.82) is 0 Å². The molecule has 1 aliphatic heterocycles. The summed E-state index contributed by atoms with van der Waals surface area (Å²) >= 11 is 13.9. The van der Waals surface area contributed by atoms with E-state index in [9.17, 15) is 35.9 Å². The molecule has 1 saturated heterocycles. The summed E-state index contributed by atoms with van der Waals surface area (Å²) in [6, 6.07) is 8.81. The second-order valence-electron chi connectivity index (χ2n) is 9.77. The fourth-order valence-electron chi connectivity index (χ4n) is 4.98. The molecule has 220 valence electrons. The molecule has 3 aromatic rings. The molecule has 2 atom stereocenters. The number of benzene rings is 2. The lowest BCUT2D eigenvalue weighted by Crippen LogP contribution is -2.52. The topological polar surface area (TPSA) is 40.6 Å². The Morgan fingerprint density at radius 2 is 1.63 bits per heavy atom. The average Bonchev–Trinajstić information content (AvgIpc) is 3.44. The lowest BCUT2D eigenvalue weighted by molar-refractivity contribution is -0.143. The fraction of sp³-hybridized carbons (Fsp3) is 0.357. The van der Waals surface area contributed by atoms with E-state index in [2.05, 4.69) is 0 Å². The molecule has 4 rings (SSSR count). The van der Waals surface area contributed by atoms with Gasteiger partial charge in [-0.3, -0.25) is 9.59 Å². The zero-order chi connectivity index (χ0) is 30.1. The number of likely N-dealkylation sites (N-methyl/N-ethyl adjacent to an activating group) is 1. The van der Waals surface area contributed by atoms with E-state index in [0.29, 0.717) is 24.1 Å². The predicted molar refractivity (Wildman–Crippen MR) is 145 cm³/mol. The third-order valence-electron chi connectivity index (χ3n) is 7.12. The number of halogens is 8. The van der Waals surface area contributed by atoms with E-state index >= 15 is 0 Å². The minimum absolute atomic E-state index is 0.0183. The first-order valence-electron chi connectivity index (χ1n) is 12.5. The van der Waals surface area contributed by atoms with Crippen LogP contribution in [0.2, 0.25) is 10.0 Å². The summed E-state index contributed by atoms with van der Waals surface area (Å²) in [5.74, 6) is -1.65. The number of aryl methyl sites for hydroxylation is 1. The SMILES string of the molecule is CN(C(=O)c1cc(C(F)(F)F)cc(C(F)(F)F)c1)[C@@H]1CCN(C(=O)CCc2cccs2)C[C@H]1c1ccc(Cl)c(Cl)c1. The number of amides is 2. The zero-order valence-corrected chi connectivity index (χ0v) is 23.9. The van der Waals surface area contributed by atoms with Crippen molar-refractivity contribution >= 4 is 46.4 Å². The van der Waals surface area contributed by atoms with Crippen LogP contribution in [0.25, 0.3) is 0 Å². The van der Waals surface area contributed by atoms with Crippen LogP contribution in [0.15, 0.2) is 53.9 Å². The van der Waals surface area contributed by atoms with Crippen LogP contribution in [0.3, 0.4) is 0 Å². The Morgan fingerprint density at radius 1 is 0.976 bits per heavy atom. The lowest BCUT2D eigenvalue weighted by atomic mass is 9.84. The van der Waals surface area contributed by atoms with Crippen molar-refractivity contribution in [3.63, 3.8) is 0 Å². The number of nitrogens with zero attached hydrogens (tertiary/aromatic N) is 2. The molecule has 0 unspecified atom stereocenters. The highest BCUT2D eigenvalue weighted by Gasteiger charge is 2.40. The van der Waals surface area contributed by atoms with Crippen LogP contribution < -0.4 is 0 Å². The summed E-state index contributed by atoms with van der Waals surface area (Å²) in [7, 11) is 1.33. The summed E-state index contributed by atoms with van der Waals surface area (Å²) in [4.78, 5) is 30.3. The second kappa shape index (κ2) is 12.2. The smallest absolute Gasteiger partial charge is 0.342 e. The lowest BCUT2D eigenvalue weighted by Gasteiger charge is -2.43. The van der Waals surface area contributed by atoms with Crippen molar-refractivity contribution in [2.75, 3.05) is 20.1 Å². The van der Waals surface area contributed by atoms with E-state index < -0.39 is 46.9 Å². The van der Waals surface area contributed by atoms with Gasteiger partial charge in [-0.05, 0) is 60.2 Å². The standard InChI is InChI=1S/C28H24Cl2F6N2O2S/c1-37(26(40)17-11-18(27(31,32)33)14-19(12-17)28(34,35)36)24-8-9-38(25(39)7-5-20-3-2-10-41-20)15-21(24)16-4-6-22(29)23(30)13-16/h2-4,6,10-14,21,24H,5,7-9,15H2,1H3/t21-,24+/m0/s1. The fourth-order valence-corrected chi connectivity index (χ4v) is 5.99. The van der Waals surface area contributed by atoms with Crippen molar-refractivity contribution in [2.45, 2.75) is 43.6 Å². The average molecular weight is 637 g/mol. The molecule has 0 radical (unpaired) electrons. The van der Waals surface area contributed by atoms with Gasteiger partial charge in [-0.1, -0.05) is 35.3 Å². The van der Waals surface area contributed by atoms with Gasteiger partial charge >= 0.3 is 12.4 Å².